The van der Waals surface area contributed by atoms with Crippen molar-refractivity contribution >= 4 is 40.8 Å². The van der Waals surface area contributed by atoms with Crippen molar-refractivity contribution in [2.75, 3.05) is 12.0 Å². The third-order valence-corrected chi connectivity index (χ3v) is 9.81. The number of carbonyl (C=O) groups excluding carboxylic acids is 2. The van der Waals surface area contributed by atoms with Crippen LogP contribution >= 0.6 is 23.2 Å². The number of carbonyl (C=O) groups is 2. The maximum Gasteiger partial charge on any atom is 0.324 e. The molecule has 1 amide bonds. The number of morpholine rings is 1. The number of rotatable bonds is 7. The third-order valence-electron chi connectivity index (χ3n) is 9.35. The van der Waals surface area contributed by atoms with Crippen LogP contribution in [0.25, 0.3) is 0 Å². The van der Waals surface area contributed by atoms with Crippen LogP contribution in [0.1, 0.15) is 56.0 Å². The lowest BCUT2D eigenvalue weighted by Crippen LogP contribution is -2.54. The number of hydrogen-bond acceptors (Lipinski definition) is 4. The number of alkyl halides is 1. The third kappa shape index (κ3) is 5.51. The van der Waals surface area contributed by atoms with E-state index in [9.17, 15) is 14.0 Å². The summed E-state index contributed by atoms with van der Waals surface area (Å²) in [5.74, 6) is -1.38. The van der Waals surface area contributed by atoms with Crippen LogP contribution in [-0.4, -0.2) is 35.5 Å². The van der Waals surface area contributed by atoms with E-state index in [0.717, 1.165) is 16.7 Å². The van der Waals surface area contributed by atoms with Gasteiger partial charge in [0, 0.05) is 27.7 Å². The molecular weight excluding hydrogens is 622 g/mol. The highest BCUT2D eigenvalue weighted by atomic mass is 35.5. The van der Waals surface area contributed by atoms with Gasteiger partial charge in [0.05, 0.1) is 6.04 Å². The number of halogens is 3. The van der Waals surface area contributed by atoms with Gasteiger partial charge < -0.3 is 10.1 Å². The zero-order valence-corrected chi connectivity index (χ0v) is 27.6. The van der Waals surface area contributed by atoms with Gasteiger partial charge in [0.25, 0.3) is 0 Å². The number of fused-ring (bicyclic) bond motifs is 3. The lowest BCUT2D eigenvalue weighted by atomic mass is 9.62. The predicted octanol–water partition coefficient (Wildman–Crippen LogP) is 8.88. The molecule has 2 saturated heterocycles. The van der Waals surface area contributed by atoms with Crippen LogP contribution in [0.4, 0.5) is 10.1 Å². The van der Waals surface area contributed by atoms with Gasteiger partial charge in [-0.15, -0.1) is 0 Å². The van der Waals surface area contributed by atoms with Crippen LogP contribution in [0.2, 0.25) is 5.02 Å². The fraction of sp³-hybridized carbons (Fsp3) is 0.316. The molecule has 3 aromatic rings. The summed E-state index contributed by atoms with van der Waals surface area (Å²) in [4.78, 5) is 31.5. The van der Waals surface area contributed by atoms with E-state index >= 15 is 0 Å². The van der Waals surface area contributed by atoms with Crippen LogP contribution in [0, 0.1) is 11.3 Å². The lowest BCUT2D eigenvalue weighted by molar-refractivity contribution is -0.177. The highest BCUT2D eigenvalue weighted by Gasteiger charge is 2.72. The first-order valence-electron chi connectivity index (χ1n) is 15.4. The molecule has 1 N–H and O–H groups in total. The maximum atomic E-state index is 14.8. The zero-order valence-electron chi connectivity index (χ0n) is 26.1. The zero-order chi connectivity index (χ0) is 32.8. The molecule has 0 saturated carbocycles. The summed E-state index contributed by atoms with van der Waals surface area (Å²) in [6.07, 6.45) is 4.74. The first-order valence-corrected chi connectivity index (χ1v) is 16.2. The van der Waals surface area contributed by atoms with Crippen molar-refractivity contribution in [2.45, 2.75) is 56.8 Å². The van der Waals surface area contributed by atoms with Gasteiger partial charge in [-0.25, -0.2) is 4.39 Å². The van der Waals surface area contributed by atoms with Gasteiger partial charge in [-0.05, 0) is 52.3 Å². The minimum atomic E-state index is -1.23. The Labute approximate surface area is 279 Å². The van der Waals surface area contributed by atoms with Crippen molar-refractivity contribution < 1.29 is 18.7 Å². The number of anilines is 1. The standard InChI is InChI=1S/C38H37Cl2FN2O3/c1-23(12-11-17-27(40)22-41)31-33-35(44)46-34(25-15-9-6-10-16-25)32(24-13-7-5-8-14-24)43(33)30(21-37(2,3)4)38(31)28-19-18-26(39)20-29(28)42-36(38)45/h5-20,30-34H,1,21-22H2,2-4H3,(H,42,45)/b12-11-,27-17+/t30-,31+,32-,33?,34+,38+/m1/s1. The first-order chi connectivity index (χ1) is 22.0. The molecule has 0 aromatic heterocycles. The molecule has 1 spiro atoms. The Balaban J connectivity index is 1.65. The van der Waals surface area contributed by atoms with Crippen molar-refractivity contribution in [3.05, 3.63) is 136 Å². The van der Waals surface area contributed by atoms with Crippen LogP contribution in [-0.2, 0) is 19.7 Å². The average molecular weight is 660 g/mol. The number of amides is 1. The van der Waals surface area contributed by atoms with Gasteiger partial charge in [-0.2, -0.15) is 0 Å². The summed E-state index contributed by atoms with van der Waals surface area (Å²) in [5.41, 5.74) is 2.27. The Kier molecular flexibility index (Phi) is 8.75. The molecule has 0 bridgehead atoms. The number of esters is 1. The monoisotopic (exact) mass is 658 g/mol. The van der Waals surface area contributed by atoms with E-state index in [4.69, 9.17) is 27.9 Å². The first kappa shape index (κ1) is 32.2. The molecule has 238 valence electrons. The number of nitrogens with one attached hydrogen (secondary N) is 1. The van der Waals surface area contributed by atoms with Crippen molar-refractivity contribution in [1.29, 1.82) is 0 Å². The quantitative estimate of drug-likeness (QED) is 0.203. The van der Waals surface area contributed by atoms with Crippen molar-refractivity contribution in [1.82, 2.24) is 4.90 Å². The van der Waals surface area contributed by atoms with Crippen LogP contribution in [0.3, 0.4) is 0 Å². The number of allylic oxidation sites excluding steroid dienone is 4. The van der Waals surface area contributed by atoms with Crippen molar-refractivity contribution in [3.8, 4) is 0 Å². The average Bonchev–Trinajstić information content (AvgIpc) is 3.48. The topological polar surface area (TPSA) is 58.6 Å². The number of ether oxygens (including phenoxy) is 1. The van der Waals surface area contributed by atoms with Crippen molar-refractivity contribution in [3.63, 3.8) is 0 Å². The molecule has 1 unspecified atom stereocenters. The van der Waals surface area contributed by atoms with E-state index in [1.54, 1.807) is 24.3 Å². The molecule has 46 heavy (non-hydrogen) atoms. The predicted molar refractivity (Wildman–Crippen MR) is 181 cm³/mol. The van der Waals surface area contributed by atoms with Gasteiger partial charge >= 0.3 is 5.97 Å². The number of cyclic esters (lactones) is 1. The molecule has 0 radical (unpaired) electrons. The SMILES string of the molecule is C=C(/C=C\C=C(\Cl)CF)[C@H]1C2C(=O)O[C@@H](c3ccccc3)[C@@H](c3ccccc3)N2[C@H](CC(C)(C)C)[C@]12C(=O)Nc1cc(Cl)ccc12. The van der Waals surface area contributed by atoms with Crippen LogP contribution < -0.4 is 5.32 Å². The Morgan fingerprint density at radius 1 is 1.02 bits per heavy atom. The van der Waals surface area contributed by atoms with Gasteiger partial charge in [-0.1, -0.05) is 129 Å². The van der Waals surface area contributed by atoms with Crippen molar-refractivity contribution in [2.24, 2.45) is 11.3 Å². The normalized spacial score (nSPS) is 27.9. The Morgan fingerprint density at radius 2 is 1.67 bits per heavy atom. The van der Waals surface area contributed by atoms with Gasteiger partial charge in [0.1, 0.15) is 24.2 Å². The molecule has 6 rings (SSSR count). The second-order valence-electron chi connectivity index (χ2n) is 13.5. The molecule has 3 aromatic carbocycles. The number of benzene rings is 3. The largest absolute Gasteiger partial charge is 0.454 e. The molecule has 3 aliphatic rings. The highest BCUT2D eigenvalue weighted by Crippen LogP contribution is 2.63. The smallest absolute Gasteiger partial charge is 0.324 e. The molecule has 8 heteroatoms. The second kappa shape index (κ2) is 12.5. The molecule has 5 nitrogen and oxygen atoms in total. The van der Waals surface area contributed by atoms with E-state index in [0.29, 0.717) is 22.7 Å². The van der Waals surface area contributed by atoms with Gasteiger partial charge in [-0.3, -0.25) is 14.5 Å². The molecule has 3 heterocycles. The summed E-state index contributed by atoms with van der Waals surface area (Å²) >= 11 is 12.4. The lowest BCUT2D eigenvalue weighted by Gasteiger charge is -2.47. The minimum Gasteiger partial charge on any atom is -0.454 e. The summed E-state index contributed by atoms with van der Waals surface area (Å²) in [6.45, 7) is 10.1. The molecule has 6 atom stereocenters. The summed E-state index contributed by atoms with van der Waals surface area (Å²) in [6, 6.07) is 23.5. The molecule has 3 aliphatic heterocycles. The maximum absolute atomic E-state index is 14.8. The van der Waals surface area contributed by atoms with E-state index in [1.807, 2.05) is 66.7 Å². The van der Waals surface area contributed by atoms with E-state index in [-0.39, 0.29) is 16.4 Å². The van der Waals surface area contributed by atoms with E-state index in [2.05, 4.69) is 37.6 Å². The Morgan fingerprint density at radius 3 is 2.30 bits per heavy atom. The van der Waals surface area contributed by atoms with Crippen LogP contribution in [0.15, 0.2) is 114 Å². The summed E-state index contributed by atoms with van der Waals surface area (Å²) < 4.78 is 19.6. The van der Waals surface area contributed by atoms with Crippen LogP contribution in [0.5, 0.6) is 0 Å². The molecule has 0 aliphatic carbocycles. The summed E-state index contributed by atoms with van der Waals surface area (Å²) in [5, 5.41) is 3.65. The fourth-order valence-electron chi connectivity index (χ4n) is 7.72. The summed E-state index contributed by atoms with van der Waals surface area (Å²) in [7, 11) is 0. The Bertz CT molecular complexity index is 1720. The molecular formula is C38H37Cl2FN2O3. The minimum absolute atomic E-state index is 0.0305. The second-order valence-corrected chi connectivity index (χ2v) is 14.4. The molecule has 2 fully saturated rings. The van der Waals surface area contributed by atoms with E-state index in [1.165, 1.54) is 6.08 Å². The van der Waals surface area contributed by atoms with Gasteiger partial charge in [0.15, 0.2) is 0 Å². The highest BCUT2D eigenvalue weighted by molar-refractivity contribution is 6.31. The fourth-order valence-corrected chi connectivity index (χ4v) is 7.97. The van der Waals surface area contributed by atoms with Gasteiger partial charge in [0.2, 0.25) is 5.91 Å². The number of nitrogens with zero attached hydrogens (tertiary/aromatic N) is 1. The van der Waals surface area contributed by atoms with E-state index < -0.39 is 48.2 Å². The number of hydrogen-bond donors (Lipinski definition) is 1. The Hall–Kier alpha value is -3.71.